The van der Waals surface area contributed by atoms with E-state index < -0.39 is 5.97 Å². The number of allylic oxidation sites excluding steroid dienone is 3. The van der Waals surface area contributed by atoms with Crippen molar-refractivity contribution in [3.05, 3.63) is 24.3 Å². The molecule has 0 aromatic heterocycles. The van der Waals surface area contributed by atoms with Crippen LogP contribution in [0.3, 0.4) is 0 Å². The highest BCUT2D eigenvalue weighted by Gasteiger charge is 2.56. The lowest BCUT2D eigenvalue weighted by atomic mass is 9.43. The van der Waals surface area contributed by atoms with E-state index in [1.54, 1.807) is 0 Å². The summed E-state index contributed by atoms with van der Waals surface area (Å²) in [6, 6.07) is 0. The zero-order valence-electron chi connectivity index (χ0n) is 17.6. The summed E-state index contributed by atoms with van der Waals surface area (Å²) < 4.78 is 0. The minimum atomic E-state index is -0.708. The summed E-state index contributed by atoms with van der Waals surface area (Å²) in [5.41, 5.74) is 0.450. The summed E-state index contributed by atoms with van der Waals surface area (Å²) in [7, 11) is 0. The minimum Gasteiger partial charge on any atom is -0.481 e. The molecule has 0 aromatic rings. The second-order valence-corrected chi connectivity index (χ2v) is 9.37. The summed E-state index contributed by atoms with van der Waals surface area (Å²) >= 11 is 0. The second-order valence-electron chi connectivity index (χ2n) is 9.37. The molecule has 3 rings (SSSR count). The zero-order chi connectivity index (χ0) is 19.9. The van der Waals surface area contributed by atoms with E-state index in [0.29, 0.717) is 17.3 Å². The normalized spacial score (nSPS) is 30.5. The Morgan fingerprint density at radius 3 is 2.63 bits per heavy atom. The van der Waals surface area contributed by atoms with Crippen molar-refractivity contribution in [2.75, 3.05) is 0 Å². The van der Waals surface area contributed by atoms with Gasteiger partial charge >= 0.3 is 5.97 Å². The lowest BCUT2D eigenvalue weighted by molar-refractivity contribution is -0.137. The maximum Gasteiger partial charge on any atom is 0.303 e. The van der Waals surface area contributed by atoms with Gasteiger partial charge in [0.15, 0.2) is 0 Å². The van der Waals surface area contributed by atoms with E-state index in [4.69, 9.17) is 5.11 Å². The van der Waals surface area contributed by atoms with Gasteiger partial charge in [0.2, 0.25) is 0 Å². The highest BCUT2D eigenvalue weighted by molar-refractivity contribution is 5.66. The Morgan fingerprint density at radius 1 is 1.19 bits per heavy atom. The highest BCUT2D eigenvalue weighted by Crippen LogP contribution is 2.64. The van der Waals surface area contributed by atoms with E-state index in [0.717, 1.165) is 43.9 Å². The fourth-order valence-electron chi connectivity index (χ4n) is 5.26. The van der Waals surface area contributed by atoms with Gasteiger partial charge in [0.05, 0.1) is 6.10 Å². The van der Waals surface area contributed by atoms with Crippen LogP contribution < -0.4 is 0 Å². The third kappa shape index (κ3) is 6.20. The van der Waals surface area contributed by atoms with Crippen molar-refractivity contribution in [3.63, 3.8) is 0 Å². The van der Waals surface area contributed by atoms with Crippen molar-refractivity contribution in [1.82, 2.24) is 0 Å². The number of carboxylic acids is 1. The Morgan fingerprint density at radius 2 is 1.96 bits per heavy atom. The number of carboxylic acid groups (broad SMARTS) is 1. The third-order valence-corrected chi connectivity index (χ3v) is 7.19. The first kappa shape index (κ1) is 22.2. The molecule has 3 fully saturated rings. The molecule has 0 heterocycles. The van der Waals surface area contributed by atoms with Crippen molar-refractivity contribution in [2.24, 2.45) is 29.1 Å². The Kier molecular flexibility index (Phi) is 8.60. The van der Waals surface area contributed by atoms with Crippen LogP contribution in [0.5, 0.6) is 0 Å². The molecular formula is C24H40O3. The SMILES string of the molecule is CCCCC[C@H](O)/C=C/[C@H]1C[C@H]2C[C@H]([C@@H]1C/C=C\CCCC(=O)O)C2(C)C. The summed E-state index contributed by atoms with van der Waals surface area (Å²) in [6.07, 6.45) is 18.4. The fraction of sp³-hybridized carbons (Fsp3) is 0.792. The Hall–Kier alpha value is -1.09. The van der Waals surface area contributed by atoms with Gasteiger partial charge in [-0.2, -0.15) is 0 Å². The van der Waals surface area contributed by atoms with Crippen molar-refractivity contribution in [1.29, 1.82) is 0 Å². The minimum absolute atomic E-state index is 0.256. The molecule has 0 aromatic carbocycles. The molecule has 27 heavy (non-hydrogen) atoms. The van der Waals surface area contributed by atoms with E-state index in [2.05, 4.69) is 45.1 Å². The summed E-state index contributed by atoms with van der Waals surface area (Å²) in [4.78, 5) is 10.6. The predicted octanol–water partition coefficient (Wildman–Crippen LogP) is 5.98. The number of rotatable bonds is 12. The zero-order valence-corrected chi connectivity index (χ0v) is 17.6. The van der Waals surface area contributed by atoms with Crippen LogP contribution in [0.15, 0.2) is 24.3 Å². The number of aliphatic carboxylic acids is 1. The first-order valence-electron chi connectivity index (χ1n) is 11.1. The maximum absolute atomic E-state index is 10.6. The molecule has 3 nitrogen and oxygen atoms in total. The first-order chi connectivity index (χ1) is 12.9. The average Bonchev–Trinajstić information content (AvgIpc) is 2.62. The number of carbonyl (C=O) groups is 1. The molecule has 154 valence electrons. The molecule has 0 unspecified atom stereocenters. The van der Waals surface area contributed by atoms with Crippen LogP contribution in [0.25, 0.3) is 0 Å². The molecule has 0 aliphatic heterocycles. The molecule has 3 heteroatoms. The van der Waals surface area contributed by atoms with E-state index in [-0.39, 0.29) is 12.5 Å². The molecule has 0 saturated heterocycles. The van der Waals surface area contributed by atoms with Crippen molar-refractivity contribution < 1.29 is 15.0 Å². The molecule has 5 atom stereocenters. The monoisotopic (exact) mass is 376 g/mol. The van der Waals surface area contributed by atoms with E-state index in [1.807, 2.05) is 0 Å². The second kappa shape index (κ2) is 10.5. The van der Waals surface area contributed by atoms with Gasteiger partial charge in [-0.05, 0) is 67.6 Å². The van der Waals surface area contributed by atoms with Crippen molar-refractivity contribution in [3.8, 4) is 0 Å². The molecule has 0 amide bonds. The van der Waals surface area contributed by atoms with Crippen LogP contribution >= 0.6 is 0 Å². The Labute approximate surface area is 165 Å². The fourth-order valence-corrected chi connectivity index (χ4v) is 5.26. The van der Waals surface area contributed by atoms with Gasteiger partial charge < -0.3 is 10.2 Å². The molecule has 2 bridgehead atoms. The lowest BCUT2D eigenvalue weighted by Crippen LogP contribution is -2.55. The number of aliphatic hydroxyl groups is 1. The van der Waals surface area contributed by atoms with Gasteiger partial charge in [-0.1, -0.05) is 64.3 Å². The summed E-state index contributed by atoms with van der Waals surface area (Å²) in [5.74, 6) is 2.11. The first-order valence-corrected chi connectivity index (χ1v) is 11.1. The molecule has 2 N–H and O–H groups in total. The number of fused-ring (bicyclic) bond motifs is 2. The van der Waals surface area contributed by atoms with Crippen LogP contribution in [0.1, 0.15) is 85.0 Å². The number of hydrogen-bond donors (Lipinski definition) is 2. The van der Waals surface area contributed by atoms with Gasteiger partial charge in [0.1, 0.15) is 0 Å². The van der Waals surface area contributed by atoms with Crippen molar-refractivity contribution >= 4 is 5.97 Å². The molecule has 3 aliphatic rings. The molecule has 3 aliphatic carbocycles. The topological polar surface area (TPSA) is 57.5 Å². The quantitative estimate of drug-likeness (QED) is 0.325. The van der Waals surface area contributed by atoms with Crippen LogP contribution in [-0.4, -0.2) is 22.3 Å². The molecule has 0 spiro atoms. The maximum atomic E-state index is 10.6. The Bertz CT molecular complexity index is 520. The third-order valence-electron chi connectivity index (χ3n) is 7.19. The highest BCUT2D eigenvalue weighted by atomic mass is 16.4. The lowest BCUT2D eigenvalue weighted by Gasteiger charge is -2.62. The summed E-state index contributed by atoms with van der Waals surface area (Å²) in [6.45, 7) is 7.04. The number of unbranched alkanes of at least 4 members (excludes halogenated alkanes) is 3. The van der Waals surface area contributed by atoms with Crippen molar-refractivity contribution in [2.45, 2.75) is 91.1 Å². The van der Waals surface area contributed by atoms with E-state index >= 15 is 0 Å². The van der Waals surface area contributed by atoms with Gasteiger partial charge in [0, 0.05) is 6.42 Å². The predicted molar refractivity (Wildman–Crippen MR) is 112 cm³/mol. The van der Waals surface area contributed by atoms with Crippen LogP contribution in [0, 0.1) is 29.1 Å². The largest absolute Gasteiger partial charge is 0.481 e. The van der Waals surface area contributed by atoms with Gasteiger partial charge in [-0.3, -0.25) is 4.79 Å². The average molecular weight is 377 g/mol. The Balaban J connectivity index is 1.88. The smallest absolute Gasteiger partial charge is 0.303 e. The van der Waals surface area contributed by atoms with Crippen LogP contribution in [0.4, 0.5) is 0 Å². The standard InChI is InChI=1S/C24H40O3/c1-4-5-8-11-20(25)15-14-18-16-19-17-22(24(19,2)3)21(18)12-9-6-7-10-13-23(26)27/h6,9,14-15,18-22,25H,4-5,7-8,10-13,16-17H2,1-3H3,(H,26,27)/b9-6-,15-14+/t18-,19-,20-,21+,22+/m0/s1. The molecule has 0 radical (unpaired) electrons. The van der Waals surface area contributed by atoms with Gasteiger partial charge in [0.25, 0.3) is 0 Å². The van der Waals surface area contributed by atoms with E-state index in [1.165, 1.54) is 25.7 Å². The molecular weight excluding hydrogens is 336 g/mol. The summed E-state index contributed by atoms with van der Waals surface area (Å²) in [5, 5.41) is 19.0. The number of aliphatic hydroxyl groups excluding tert-OH is 1. The number of hydrogen-bond acceptors (Lipinski definition) is 2. The van der Waals surface area contributed by atoms with E-state index in [9.17, 15) is 9.90 Å². The molecule has 3 saturated carbocycles. The van der Waals surface area contributed by atoms with Gasteiger partial charge in [-0.15, -0.1) is 0 Å². The van der Waals surface area contributed by atoms with Gasteiger partial charge in [-0.25, -0.2) is 0 Å². The van der Waals surface area contributed by atoms with Crippen LogP contribution in [0.2, 0.25) is 0 Å². The van der Waals surface area contributed by atoms with Crippen LogP contribution in [-0.2, 0) is 4.79 Å².